The van der Waals surface area contributed by atoms with Crippen LogP contribution in [0.3, 0.4) is 0 Å². The number of aryl methyl sites for hydroxylation is 1. The number of hydrogen-bond acceptors (Lipinski definition) is 7. The molecule has 9 nitrogen and oxygen atoms in total. The average molecular weight is 407 g/mol. The van der Waals surface area contributed by atoms with Crippen LogP contribution in [0.1, 0.15) is 16.2 Å². The second-order valence-electron chi connectivity index (χ2n) is 7.63. The van der Waals surface area contributed by atoms with Gasteiger partial charge in [-0.2, -0.15) is 5.10 Å². The Labute approximate surface area is 174 Å². The van der Waals surface area contributed by atoms with Gasteiger partial charge in [0.1, 0.15) is 11.3 Å². The lowest BCUT2D eigenvalue weighted by Crippen LogP contribution is -2.49. The molecule has 0 aliphatic carbocycles. The van der Waals surface area contributed by atoms with E-state index in [1.54, 1.807) is 6.20 Å². The van der Waals surface area contributed by atoms with E-state index in [-0.39, 0.29) is 5.91 Å². The van der Waals surface area contributed by atoms with Crippen molar-refractivity contribution >= 4 is 23.1 Å². The number of ether oxygens (including phenoxy) is 1. The van der Waals surface area contributed by atoms with Gasteiger partial charge >= 0.3 is 0 Å². The summed E-state index contributed by atoms with van der Waals surface area (Å²) in [4.78, 5) is 24.1. The molecule has 0 saturated carbocycles. The number of amides is 1. The van der Waals surface area contributed by atoms with Crippen molar-refractivity contribution in [2.45, 2.75) is 6.92 Å². The van der Waals surface area contributed by atoms with Gasteiger partial charge in [-0.1, -0.05) is 6.07 Å². The monoisotopic (exact) mass is 407 g/mol. The van der Waals surface area contributed by atoms with Gasteiger partial charge in [-0.25, -0.2) is 4.98 Å². The second kappa shape index (κ2) is 7.91. The summed E-state index contributed by atoms with van der Waals surface area (Å²) in [5, 5.41) is 8.50. The van der Waals surface area contributed by atoms with E-state index >= 15 is 0 Å². The Kier molecular flexibility index (Phi) is 4.96. The molecule has 0 aromatic carbocycles. The van der Waals surface area contributed by atoms with Crippen LogP contribution in [0.15, 0.2) is 36.7 Å². The number of morpholine rings is 1. The standard InChI is InChI=1S/C21H25N7O2/c1-16-20(28-5-3-2-4-18(28)23-16)21(29)27-8-6-25(7-9-27)17-14-19(24-22-15-17)26-10-12-30-13-11-26/h2-5,14-15H,6-13H2,1H3. The molecule has 30 heavy (non-hydrogen) atoms. The number of piperazine rings is 1. The number of rotatable bonds is 3. The van der Waals surface area contributed by atoms with Gasteiger partial charge in [-0.15, -0.1) is 5.10 Å². The number of aromatic nitrogens is 4. The van der Waals surface area contributed by atoms with Crippen molar-refractivity contribution in [1.29, 1.82) is 0 Å². The fourth-order valence-corrected chi connectivity index (χ4v) is 4.15. The highest BCUT2D eigenvalue weighted by molar-refractivity contribution is 5.94. The first-order valence-electron chi connectivity index (χ1n) is 10.3. The van der Waals surface area contributed by atoms with Crippen LogP contribution in [0.25, 0.3) is 5.65 Å². The van der Waals surface area contributed by atoms with Crippen LogP contribution in [0.5, 0.6) is 0 Å². The highest BCUT2D eigenvalue weighted by Gasteiger charge is 2.26. The number of pyridine rings is 1. The van der Waals surface area contributed by atoms with Crippen molar-refractivity contribution in [2.75, 3.05) is 62.3 Å². The summed E-state index contributed by atoms with van der Waals surface area (Å²) in [7, 11) is 0. The zero-order valence-electron chi connectivity index (χ0n) is 17.1. The van der Waals surface area contributed by atoms with E-state index in [1.807, 2.05) is 40.6 Å². The molecular weight excluding hydrogens is 382 g/mol. The number of nitrogens with zero attached hydrogens (tertiary/aromatic N) is 7. The predicted molar refractivity (Wildman–Crippen MR) is 113 cm³/mol. The SMILES string of the molecule is Cc1nc2ccccn2c1C(=O)N1CCN(c2cnnc(N3CCOCC3)c2)CC1. The van der Waals surface area contributed by atoms with E-state index in [0.717, 1.165) is 62.2 Å². The van der Waals surface area contributed by atoms with Crippen LogP contribution in [0, 0.1) is 6.92 Å². The van der Waals surface area contributed by atoms with E-state index in [9.17, 15) is 4.79 Å². The molecule has 1 amide bonds. The van der Waals surface area contributed by atoms with Gasteiger partial charge in [0, 0.05) is 51.5 Å². The summed E-state index contributed by atoms with van der Waals surface area (Å²) >= 11 is 0. The maximum Gasteiger partial charge on any atom is 0.272 e. The minimum Gasteiger partial charge on any atom is -0.378 e. The minimum absolute atomic E-state index is 0.0349. The summed E-state index contributed by atoms with van der Waals surface area (Å²) < 4.78 is 7.30. The normalized spacial score (nSPS) is 17.6. The molecule has 5 rings (SSSR count). The van der Waals surface area contributed by atoms with Crippen molar-refractivity contribution in [3.05, 3.63) is 48.0 Å². The number of imidazole rings is 1. The number of carbonyl (C=O) groups excluding carboxylic acids is 1. The Hall–Kier alpha value is -3.20. The molecule has 0 spiro atoms. The molecule has 2 aliphatic heterocycles. The molecule has 0 radical (unpaired) electrons. The van der Waals surface area contributed by atoms with Gasteiger partial charge in [0.2, 0.25) is 0 Å². The molecule has 5 heterocycles. The first kappa shape index (κ1) is 18.8. The first-order valence-corrected chi connectivity index (χ1v) is 10.3. The molecular formula is C21H25N7O2. The zero-order chi connectivity index (χ0) is 20.5. The van der Waals surface area contributed by atoms with Crippen LogP contribution in [-0.4, -0.2) is 82.9 Å². The number of anilines is 2. The van der Waals surface area contributed by atoms with E-state index in [0.29, 0.717) is 18.8 Å². The van der Waals surface area contributed by atoms with Crippen molar-refractivity contribution < 1.29 is 9.53 Å². The van der Waals surface area contributed by atoms with Crippen LogP contribution in [-0.2, 0) is 4.74 Å². The number of carbonyl (C=O) groups is 1. The molecule has 2 fully saturated rings. The fourth-order valence-electron chi connectivity index (χ4n) is 4.15. The quantitative estimate of drug-likeness (QED) is 0.646. The highest BCUT2D eigenvalue weighted by Crippen LogP contribution is 2.22. The van der Waals surface area contributed by atoms with Crippen molar-refractivity contribution in [1.82, 2.24) is 24.5 Å². The molecule has 9 heteroatoms. The summed E-state index contributed by atoms with van der Waals surface area (Å²) in [5.41, 5.74) is 3.27. The Morgan fingerprint density at radius 2 is 1.83 bits per heavy atom. The van der Waals surface area contributed by atoms with E-state index in [4.69, 9.17) is 4.74 Å². The van der Waals surface area contributed by atoms with Crippen LogP contribution >= 0.6 is 0 Å². The Morgan fingerprint density at radius 1 is 1.03 bits per heavy atom. The maximum absolute atomic E-state index is 13.2. The third-order valence-corrected chi connectivity index (χ3v) is 5.80. The third kappa shape index (κ3) is 3.45. The van der Waals surface area contributed by atoms with E-state index < -0.39 is 0 Å². The predicted octanol–water partition coefficient (Wildman–Crippen LogP) is 1.23. The highest BCUT2D eigenvalue weighted by atomic mass is 16.5. The largest absolute Gasteiger partial charge is 0.378 e. The topological polar surface area (TPSA) is 79.1 Å². The summed E-state index contributed by atoms with van der Waals surface area (Å²) in [6.45, 7) is 7.84. The Bertz CT molecular complexity index is 1050. The number of fused-ring (bicyclic) bond motifs is 1. The molecule has 3 aromatic heterocycles. The van der Waals surface area contributed by atoms with Crippen molar-refractivity contribution in [3.63, 3.8) is 0 Å². The smallest absolute Gasteiger partial charge is 0.272 e. The lowest BCUT2D eigenvalue weighted by atomic mass is 10.2. The molecule has 2 aliphatic rings. The molecule has 156 valence electrons. The van der Waals surface area contributed by atoms with Gasteiger partial charge in [-0.05, 0) is 19.1 Å². The molecule has 0 N–H and O–H groups in total. The zero-order valence-corrected chi connectivity index (χ0v) is 17.1. The lowest BCUT2D eigenvalue weighted by molar-refractivity contribution is 0.0739. The Balaban J connectivity index is 1.28. The molecule has 0 atom stereocenters. The van der Waals surface area contributed by atoms with Crippen LogP contribution in [0.2, 0.25) is 0 Å². The summed E-state index contributed by atoms with van der Waals surface area (Å²) in [6, 6.07) is 7.86. The van der Waals surface area contributed by atoms with Gasteiger partial charge in [0.05, 0.1) is 30.8 Å². The summed E-state index contributed by atoms with van der Waals surface area (Å²) in [6.07, 6.45) is 3.70. The number of hydrogen-bond donors (Lipinski definition) is 0. The van der Waals surface area contributed by atoms with E-state index in [2.05, 4.69) is 31.0 Å². The van der Waals surface area contributed by atoms with Gasteiger partial charge in [-0.3, -0.25) is 9.20 Å². The minimum atomic E-state index is 0.0349. The van der Waals surface area contributed by atoms with Gasteiger partial charge in [0.25, 0.3) is 5.91 Å². The maximum atomic E-state index is 13.2. The van der Waals surface area contributed by atoms with E-state index in [1.165, 1.54) is 0 Å². The van der Waals surface area contributed by atoms with Crippen molar-refractivity contribution in [3.8, 4) is 0 Å². The van der Waals surface area contributed by atoms with Crippen LogP contribution in [0.4, 0.5) is 11.5 Å². The third-order valence-electron chi connectivity index (χ3n) is 5.80. The summed E-state index contributed by atoms with van der Waals surface area (Å²) in [5.74, 6) is 0.920. The molecule has 2 saturated heterocycles. The van der Waals surface area contributed by atoms with Crippen molar-refractivity contribution in [2.24, 2.45) is 0 Å². The second-order valence-corrected chi connectivity index (χ2v) is 7.63. The molecule has 0 unspecified atom stereocenters. The first-order chi connectivity index (χ1) is 14.7. The lowest BCUT2D eigenvalue weighted by Gasteiger charge is -2.36. The fraction of sp³-hybridized carbons (Fsp3) is 0.429. The van der Waals surface area contributed by atoms with Gasteiger partial charge < -0.3 is 19.4 Å². The molecule has 3 aromatic rings. The van der Waals surface area contributed by atoms with Crippen LogP contribution < -0.4 is 9.80 Å². The average Bonchev–Trinajstić information content (AvgIpc) is 3.15. The molecule has 0 bridgehead atoms. The van der Waals surface area contributed by atoms with Gasteiger partial charge in [0.15, 0.2) is 5.82 Å². The Morgan fingerprint density at radius 3 is 2.63 bits per heavy atom.